The molecule has 0 unspecified atom stereocenters. The fourth-order valence-electron chi connectivity index (χ4n) is 2.29. The molecule has 1 N–H and O–H groups in total. The zero-order valence-electron chi connectivity index (χ0n) is 15.0. The van der Waals surface area contributed by atoms with Gasteiger partial charge in [-0.3, -0.25) is 4.79 Å². The van der Waals surface area contributed by atoms with Crippen LogP contribution in [0.3, 0.4) is 0 Å². The summed E-state index contributed by atoms with van der Waals surface area (Å²) in [7, 11) is 0.207. The molecule has 0 aliphatic rings. The second-order valence-corrected chi connectivity index (χ2v) is 8.14. The standard InChI is InChI=1S/C16H24F3N3O3S/c1-21(2)10-6-11-22(26(3,24)25)12-9-15(23)20-14-8-5-4-7-13(14)16(17,18)19/h4-5,7-8H,6,9-12H2,1-3H3,(H,20,23). The van der Waals surface area contributed by atoms with Crippen LogP contribution in [0.1, 0.15) is 18.4 Å². The molecule has 0 aliphatic carbocycles. The highest BCUT2D eigenvalue weighted by Crippen LogP contribution is 2.34. The number of hydrogen-bond acceptors (Lipinski definition) is 4. The molecule has 1 amide bonds. The van der Waals surface area contributed by atoms with Gasteiger partial charge in [0.05, 0.1) is 17.5 Å². The molecule has 0 saturated carbocycles. The predicted octanol–water partition coefficient (Wildman–Crippen LogP) is 2.25. The second-order valence-electron chi connectivity index (χ2n) is 6.16. The van der Waals surface area contributed by atoms with E-state index in [2.05, 4.69) is 5.32 Å². The average molecular weight is 395 g/mol. The van der Waals surface area contributed by atoms with E-state index >= 15 is 0 Å². The Hall–Kier alpha value is -1.65. The summed E-state index contributed by atoms with van der Waals surface area (Å²) < 4.78 is 63.5. The fourth-order valence-corrected chi connectivity index (χ4v) is 3.17. The third kappa shape index (κ3) is 7.71. The zero-order chi connectivity index (χ0) is 20.0. The molecule has 0 saturated heterocycles. The van der Waals surface area contributed by atoms with Crippen LogP contribution in [0, 0.1) is 0 Å². The van der Waals surface area contributed by atoms with Gasteiger partial charge < -0.3 is 10.2 Å². The Labute approximate surface area is 152 Å². The highest BCUT2D eigenvalue weighted by molar-refractivity contribution is 7.88. The Morgan fingerprint density at radius 1 is 1.12 bits per heavy atom. The number of para-hydroxylation sites is 1. The van der Waals surface area contributed by atoms with E-state index in [0.29, 0.717) is 13.0 Å². The van der Waals surface area contributed by atoms with Gasteiger partial charge in [0.15, 0.2) is 0 Å². The first kappa shape index (κ1) is 22.4. The maximum absolute atomic E-state index is 12.9. The molecule has 0 bridgehead atoms. The minimum absolute atomic E-state index is 0.0910. The molecule has 0 aromatic heterocycles. The van der Waals surface area contributed by atoms with Gasteiger partial charge in [0.1, 0.15) is 0 Å². The molecule has 0 atom stereocenters. The van der Waals surface area contributed by atoms with E-state index in [1.165, 1.54) is 12.1 Å². The van der Waals surface area contributed by atoms with Crippen molar-refractivity contribution < 1.29 is 26.4 Å². The van der Waals surface area contributed by atoms with Crippen molar-refractivity contribution in [3.8, 4) is 0 Å². The maximum atomic E-state index is 12.9. The van der Waals surface area contributed by atoms with Crippen LogP contribution in [-0.2, 0) is 21.0 Å². The quantitative estimate of drug-likeness (QED) is 0.696. The molecule has 148 valence electrons. The number of nitrogens with zero attached hydrogens (tertiary/aromatic N) is 2. The molecule has 1 rings (SSSR count). The van der Waals surface area contributed by atoms with Crippen molar-refractivity contribution in [3.63, 3.8) is 0 Å². The first-order valence-corrected chi connectivity index (χ1v) is 9.82. The molecule has 6 nitrogen and oxygen atoms in total. The number of anilines is 1. The molecule has 0 radical (unpaired) electrons. The van der Waals surface area contributed by atoms with Gasteiger partial charge in [0.2, 0.25) is 15.9 Å². The van der Waals surface area contributed by atoms with Crippen LogP contribution in [0.15, 0.2) is 24.3 Å². The fraction of sp³-hybridized carbons (Fsp3) is 0.562. The largest absolute Gasteiger partial charge is 0.418 e. The number of nitrogens with one attached hydrogen (secondary N) is 1. The SMILES string of the molecule is CN(C)CCCN(CCC(=O)Nc1ccccc1C(F)(F)F)S(C)(=O)=O. The summed E-state index contributed by atoms with van der Waals surface area (Å²) in [5.41, 5.74) is -1.29. The Kier molecular flexibility index (Phi) is 8.04. The van der Waals surface area contributed by atoms with E-state index in [4.69, 9.17) is 0 Å². The van der Waals surface area contributed by atoms with Gasteiger partial charge in [-0.1, -0.05) is 12.1 Å². The molecular weight excluding hydrogens is 371 g/mol. The summed E-state index contributed by atoms with van der Waals surface area (Å²) in [5, 5.41) is 2.21. The van der Waals surface area contributed by atoms with Crippen LogP contribution in [-0.4, -0.2) is 63.5 Å². The monoisotopic (exact) mass is 395 g/mol. The Morgan fingerprint density at radius 2 is 1.73 bits per heavy atom. The van der Waals surface area contributed by atoms with Crippen LogP contribution in [0.4, 0.5) is 18.9 Å². The summed E-state index contributed by atoms with van der Waals surface area (Å²) >= 11 is 0. The van der Waals surface area contributed by atoms with Crippen LogP contribution in [0.25, 0.3) is 0 Å². The lowest BCUT2D eigenvalue weighted by atomic mass is 10.1. The van der Waals surface area contributed by atoms with Crippen molar-refractivity contribution in [3.05, 3.63) is 29.8 Å². The first-order chi connectivity index (χ1) is 11.9. The molecule has 1 aromatic rings. The van der Waals surface area contributed by atoms with Crippen LogP contribution in [0.2, 0.25) is 0 Å². The van der Waals surface area contributed by atoms with Crippen molar-refractivity contribution in [2.75, 3.05) is 45.3 Å². The lowest BCUT2D eigenvalue weighted by Gasteiger charge is -2.21. The molecule has 26 heavy (non-hydrogen) atoms. The number of rotatable bonds is 9. The predicted molar refractivity (Wildman–Crippen MR) is 94.3 cm³/mol. The Balaban J connectivity index is 2.69. The second kappa shape index (κ2) is 9.33. The summed E-state index contributed by atoms with van der Waals surface area (Å²) in [4.78, 5) is 13.9. The summed E-state index contributed by atoms with van der Waals surface area (Å²) in [6, 6.07) is 4.65. The van der Waals surface area contributed by atoms with E-state index in [0.717, 1.165) is 22.7 Å². The molecule has 0 aliphatic heterocycles. The first-order valence-electron chi connectivity index (χ1n) is 7.97. The number of carbonyl (C=O) groups excluding carboxylic acids is 1. The summed E-state index contributed by atoms with van der Waals surface area (Å²) in [6.07, 6.45) is -3.20. The molecule has 0 fully saturated rings. The Morgan fingerprint density at radius 3 is 2.27 bits per heavy atom. The molecule has 1 aromatic carbocycles. The van der Waals surface area contributed by atoms with Gasteiger partial charge in [-0.15, -0.1) is 0 Å². The van der Waals surface area contributed by atoms with Gasteiger partial charge in [0.25, 0.3) is 0 Å². The highest BCUT2D eigenvalue weighted by Gasteiger charge is 2.33. The van der Waals surface area contributed by atoms with Crippen LogP contribution >= 0.6 is 0 Å². The summed E-state index contributed by atoms with van der Waals surface area (Å²) in [5.74, 6) is -0.678. The lowest BCUT2D eigenvalue weighted by Crippen LogP contribution is -2.35. The van der Waals surface area contributed by atoms with Gasteiger partial charge >= 0.3 is 6.18 Å². The van der Waals surface area contributed by atoms with Crippen molar-refractivity contribution in [1.29, 1.82) is 0 Å². The number of amides is 1. The average Bonchev–Trinajstić information content (AvgIpc) is 2.48. The van der Waals surface area contributed by atoms with Crippen molar-refractivity contribution >= 4 is 21.6 Å². The number of hydrogen-bond donors (Lipinski definition) is 1. The van der Waals surface area contributed by atoms with Gasteiger partial charge in [0, 0.05) is 19.5 Å². The highest BCUT2D eigenvalue weighted by atomic mass is 32.2. The Bertz CT molecular complexity index is 706. The van der Waals surface area contributed by atoms with E-state index < -0.39 is 27.7 Å². The smallest absolute Gasteiger partial charge is 0.325 e. The number of benzene rings is 1. The van der Waals surface area contributed by atoms with E-state index in [9.17, 15) is 26.4 Å². The molecular formula is C16H24F3N3O3S. The number of alkyl halides is 3. The van der Waals surface area contributed by atoms with E-state index in [-0.39, 0.29) is 25.2 Å². The number of halogens is 3. The van der Waals surface area contributed by atoms with Crippen LogP contribution in [0.5, 0.6) is 0 Å². The van der Waals surface area contributed by atoms with Crippen molar-refractivity contribution in [2.24, 2.45) is 0 Å². The number of carbonyl (C=O) groups is 1. The topological polar surface area (TPSA) is 69.7 Å². The third-order valence-electron chi connectivity index (χ3n) is 3.58. The molecule has 0 heterocycles. The zero-order valence-corrected chi connectivity index (χ0v) is 15.8. The third-order valence-corrected chi connectivity index (χ3v) is 4.88. The minimum Gasteiger partial charge on any atom is -0.325 e. The van der Waals surface area contributed by atoms with Gasteiger partial charge in [-0.05, 0) is 39.2 Å². The minimum atomic E-state index is -4.59. The molecule has 10 heteroatoms. The number of sulfonamides is 1. The van der Waals surface area contributed by atoms with Crippen molar-refractivity contribution in [1.82, 2.24) is 9.21 Å². The van der Waals surface area contributed by atoms with E-state index in [1.54, 1.807) is 0 Å². The molecule has 0 spiro atoms. The maximum Gasteiger partial charge on any atom is 0.418 e. The lowest BCUT2D eigenvalue weighted by molar-refractivity contribution is -0.137. The van der Waals surface area contributed by atoms with Gasteiger partial charge in [-0.2, -0.15) is 13.2 Å². The summed E-state index contributed by atoms with van der Waals surface area (Å²) in [6.45, 7) is 0.826. The van der Waals surface area contributed by atoms with Crippen LogP contribution < -0.4 is 5.32 Å². The normalized spacial score (nSPS) is 12.6. The van der Waals surface area contributed by atoms with E-state index in [1.807, 2.05) is 19.0 Å². The van der Waals surface area contributed by atoms with Gasteiger partial charge in [-0.25, -0.2) is 12.7 Å². The van der Waals surface area contributed by atoms with Crippen molar-refractivity contribution in [2.45, 2.75) is 19.0 Å².